The average molecular weight is 328 g/mol. The molecule has 0 fully saturated rings. The minimum absolute atomic E-state index is 0.0981. The van der Waals surface area contributed by atoms with Gasteiger partial charge in [-0.1, -0.05) is 26.0 Å². The van der Waals surface area contributed by atoms with Crippen LogP contribution in [0, 0.1) is 6.92 Å². The highest BCUT2D eigenvalue weighted by molar-refractivity contribution is 7.99. The van der Waals surface area contributed by atoms with Gasteiger partial charge in [0.2, 0.25) is 0 Å². The molecular weight excluding hydrogens is 304 g/mol. The first-order valence-electron chi connectivity index (χ1n) is 7.91. The number of hydrogen-bond donors (Lipinski definition) is 2. The normalized spacial score (nSPS) is 12.0. The molecule has 0 bridgehead atoms. The summed E-state index contributed by atoms with van der Waals surface area (Å²) in [4.78, 5) is 13.6. The molecule has 122 valence electrons. The van der Waals surface area contributed by atoms with E-state index in [1.165, 1.54) is 4.90 Å². The molecule has 0 spiro atoms. The topological polar surface area (TPSA) is 55.1 Å². The summed E-state index contributed by atoms with van der Waals surface area (Å²) in [6, 6.07) is 13.6. The van der Waals surface area contributed by atoms with Crippen LogP contribution in [0.5, 0.6) is 0 Å². The Morgan fingerprint density at radius 2 is 1.91 bits per heavy atom. The van der Waals surface area contributed by atoms with Crippen LogP contribution in [0.2, 0.25) is 0 Å². The van der Waals surface area contributed by atoms with E-state index >= 15 is 0 Å². The van der Waals surface area contributed by atoms with Crippen LogP contribution in [0.25, 0.3) is 0 Å². The number of benzene rings is 2. The van der Waals surface area contributed by atoms with Crippen molar-refractivity contribution in [1.29, 1.82) is 0 Å². The first-order valence-corrected chi connectivity index (χ1v) is 8.79. The smallest absolute Gasteiger partial charge is 0.255 e. The van der Waals surface area contributed by atoms with Gasteiger partial charge in [-0.2, -0.15) is 0 Å². The molecule has 2 aromatic carbocycles. The summed E-state index contributed by atoms with van der Waals surface area (Å²) in [5.41, 5.74) is 9.16. The molecule has 3 nitrogen and oxygen atoms in total. The van der Waals surface area contributed by atoms with Crippen molar-refractivity contribution in [2.75, 3.05) is 5.32 Å². The maximum Gasteiger partial charge on any atom is 0.255 e. The highest BCUT2D eigenvalue weighted by Crippen LogP contribution is 2.28. The molecule has 4 heteroatoms. The molecule has 0 aliphatic rings. The molecule has 0 saturated carbocycles. The number of nitrogens with two attached hydrogens (primary N) is 1. The first-order chi connectivity index (χ1) is 11.0. The highest BCUT2D eigenvalue weighted by atomic mass is 32.2. The second kappa shape index (κ2) is 8.18. The van der Waals surface area contributed by atoms with Crippen LogP contribution in [0.4, 0.5) is 5.69 Å². The molecule has 0 heterocycles. The Morgan fingerprint density at radius 3 is 2.48 bits per heavy atom. The van der Waals surface area contributed by atoms with Crippen molar-refractivity contribution in [2.24, 2.45) is 5.73 Å². The fourth-order valence-electron chi connectivity index (χ4n) is 2.15. The van der Waals surface area contributed by atoms with Crippen LogP contribution in [-0.4, -0.2) is 11.2 Å². The minimum atomic E-state index is -0.0981. The summed E-state index contributed by atoms with van der Waals surface area (Å²) >= 11 is 1.86. The third kappa shape index (κ3) is 4.85. The zero-order valence-corrected chi connectivity index (χ0v) is 14.7. The van der Waals surface area contributed by atoms with Gasteiger partial charge >= 0.3 is 0 Å². The van der Waals surface area contributed by atoms with E-state index in [1.807, 2.05) is 36.9 Å². The Kier molecular flexibility index (Phi) is 6.25. The van der Waals surface area contributed by atoms with E-state index < -0.39 is 0 Å². The molecular formula is C19H24N2OS. The van der Waals surface area contributed by atoms with E-state index in [4.69, 9.17) is 5.73 Å². The fourth-order valence-corrected chi connectivity index (χ4v) is 3.17. The van der Waals surface area contributed by atoms with E-state index in [2.05, 4.69) is 31.3 Å². The van der Waals surface area contributed by atoms with Crippen molar-refractivity contribution in [3.8, 4) is 0 Å². The monoisotopic (exact) mass is 328 g/mol. The Morgan fingerprint density at radius 1 is 1.22 bits per heavy atom. The van der Waals surface area contributed by atoms with Crippen molar-refractivity contribution < 1.29 is 4.79 Å². The SMILES string of the molecule is CCC(C)Sc1ccc(NC(=O)c2ccc(CN)cc2)c(C)c1. The van der Waals surface area contributed by atoms with Gasteiger partial charge in [-0.15, -0.1) is 11.8 Å². The number of rotatable bonds is 6. The number of hydrogen-bond acceptors (Lipinski definition) is 3. The van der Waals surface area contributed by atoms with Crippen LogP contribution in [0.1, 0.15) is 41.8 Å². The Bertz CT molecular complexity index is 668. The zero-order chi connectivity index (χ0) is 16.8. The number of carbonyl (C=O) groups is 1. The van der Waals surface area contributed by atoms with Crippen LogP contribution < -0.4 is 11.1 Å². The molecule has 1 unspecified atom stereocenters. The third-order valence-electron chi connectivity index (χ3n) is 3.81. The van der Waals surface area contributed by atoms with Gasteiger partial charge in [0.05, 0.1) is 0 Å². The predicted molar refractivity (Wildman–Crippen MR) is 99.1 cm³/mol. The Hall–Kier alpha value is -1.78. The molecule has 1 atom stereocenters. The lowest BCUT2D eigenvalue weighted by atomic mass is 10.1. The number of nitrogens with one attached hydrogen (secondary N) is 1. The molecule has 3 N–H and O–H groups in total. The van der Waals surface area contributed by atoms with Crippen LogP contribution in [-0.2, 0) is 6.54 Å². The average Bonchev–Trinajstić information content (AvgIpc) is 2.57. The molecule has 0 radical (unpaired) electrons. The molecule has 0 saturated heterocycles. The van der Waals surface area contributed by atoms with Gasteiger partial charge in [-0.05, 0) is 54.8 Å². The van der Waals surface area contributed by atoms with Crippen molar-refractivity contribution in [1.82, 2.24) is 0 Å². The Labute approximate surface area is 142 Å². The molecule has 0 aromatic heterocycles. The number of anilines is 1. The standard InChI is InChI=1S/C19H24N2OS/c1-4-14(3)23-17-9-10-18(13(2)11-17)21-19(22)16-7-5-15(12-20)6-8-16/h5-11,14H,4,12,20H2,1-3H3,(H,21,22). The van der Waals surface area contributed by atoms with Gasteiger partial charge in [-0.3, -0.25) is 4.79 Å². The zero-order valence-electron chi connectivity index (χ0n) is 13.9. The lowest BCUT2D eigenvalue weighted by Gasteiger charge is -2.12. The van der Waals surface area contributed by atoms with E-state index in [0.717, 1.165) is 23.2 Å². The van der Waals surface area contributed by atoms with Gasteiger partial charge in [0.25, 0.3) is 5.91 Å². The molecule has 0 aliphatic heterocycles. The molecule has 2 rings (SSSR count). The maximum absolute atomic E-state index is 12.3. The molecule has 23 heavy (non-hydrogen) atoms. The van der Waals surface area contributed by atoms with Gasteiger partial charge in [0.15, 0.2) is 0 Å². The minimum Gasteiger partial charge on any atom is -0.326 e. The summed E-state index contributed by atoms with van der Waals surface area (Å²) in [6.45, 7) is 6.92. The second-order valence-electron chi connectivity index (χ2n) is 5.67. The lowest BCUT2D eigenvalue weighted by molar-refractivity contribution is 0.102. The maximum atomic E-state index is 12.3. The summed E-state index contributed by atoms with van der Waals surface area (Å²) in [5, 5.41) is 3.57. The lowest BCUT2D eigenvalue weighted by Crippen LogP contribution is -2.13. The number of thioether (sulfide) groups is 1. The quantitative estimate of drug-likeness (QED) is 0.762. The van der Waals surface area contributed by atoms with Crippen LogP contribution in [0.15, 0.2) is 47.4 Å². The molecule has 2 aromatic rings. The van der Waals surface area contributed by atoms with E-state index in [1.54, 1.807) is 12.1 Å². The summed E-state index contributed by atoms with van der Waals surface area (Å²) in [5.74, 6) is -0.0981. The van der Waals surface area contributed by atoms with Crippen molar-refractivity contribution in [3.05, 3.63) is 59.2 Å². The molecule has 0 aliphatic carbocycles. The largest absolute Gasteiger partial charge is 0.326 e. The van der Waals surface area contributed by atoms with Crippen molar-refractivity contribution >= 4 is 23.4 Å². The van der Waals surface area contributed by atoms with Crippen LogP contribution in [0.3, 0.4) is 0 Å². The summed E-state index contributed by atoms with van der Waals surface area (Å²) in [7, 11) is 0. The third-order valence-corrected chi connectivity index (χ3v) is 5.07. The van der Waals surface area contributed by atoms with Gasteiger partial charge in [0, 0.05) is 27.9 Å². The first kappa shape index (κ1) is 17.6. The number of amides is 1. The predicted octanol–water partition coefficient (Wildman–Crippen LogP) is 4.60. The van der Waals surface area contributed by atoms with E-state index in [9.17, 15) is 4.79 Å². The fraction of sp³-hybridized carbons (Fsp3) is 0.316. The van der Waals surface area contributed by atoms with Gasteiger partial charge in [0.1, 0.15) is 0 Å². The van der Waals surface area contributed by atoms with Crippen molar-refractivity contribution in [2.45, 2.75) is 43.9 Å². The second-order valence-corrected chi connectivity index (χ2v) is 7.18. The highest BCUT2D eigenvalue weighted by Gasteiger charge is 2.09. The number of carbonyl (C=O) groups excluding carboxylic acids is 1. The van der Waals surface area contributed by atoms with Crippen molar-refractivity contribution in [3.63, 3.8) is 0 Å². The van der Waals surface area contributed by atoms with E-state index in [-0.39, 0.29) is 5.91 Å². The Balaban J connectivity index is 2.08. The number of aryl methyl sites for hydroxylation is 1. The van der Waals surface area contributed by atoms with Crippen LogP contribution >= 0.6 is 11.8 Å². The van der Waals surface area contributed by atoms with Gasteiger partial charge in [-0.25, -0.2) is 0 Å². The van der Waals surface area contributed by atoms with E-state index in [0.29, 0.717) is 17.4 Å². The summed E-state index contributed by atoms with van der Waals surface area (Å²) < 4.78 is 0. The summed E-state index contributed by atoms with van der Waals surface area (Å²) in [6.07, 6.45) is 1.14. The molecule has 1 amide bonds. The van der Waals surface area contributed by atoms with Gasteiger partial charge < -0.3 is 11.1 Å².